The van der Waals surface area contributed by atoms with Crippen LogP contribution in [0.4, 0.5) is 0 Å². The molecule has 4 heterocycles. The lowest BCUT2D eigenvalue weighted by atomic mass is 9.35. The summed E-state index contributed by atoms with van der Waals surface area (Å²) in [5, 5.41) is 4.84. The van der Waals surface area contributed by atoms with E-state index in [4.69, 9.17) is 9.15 Å². The molecular weight excluding hydrogens is 653 g/mol. The highest BCUT2D eigenvalue weighted by Crippen LogP contribution is 2.58. The number of para-hydroxylation sites is 2. The van der Waals surface area contributed by atoms with Crippen LogP contribution >= 0.6 is 11.8 Å². The predicted octanol–water partition coefficient (Wildman–Crippen LogP) is 10.7. The van der Waals surface area contributed by atoms with Gasteiger partial charge in [0, 0.05) is 43.0 Å². The molecule has 5 heteroatoms. The van der Waals surface area contributed by atoms with Gasteiger partial charge in [-0.2, -0.15) is 0 Å². The molecule has 0 saturated heterocycles. The number of fused-ring (bicyclic) bond motifs is 16. The summed E-state index contributed by atoms with van der Waals surface area (Å²) in [6.45, 7) is 9.24. The summed E-state index contributed by atoms with van der Waals surface area (Å²) < 4.78 is 16.4. The quantitative estimate of drug-likeness (QED) is 0.161. The molecule has 1 aliphatic carbocycles. The van der Waals surface area contributed by atoms with Gasteiger partial charge < -0.3 is 13.7 Å². The Kier molecular flexibility index (Phi) is 5.47. The van der Waals surface area contributed by atoms with Crippen molar-refractivity contribution in [1.82, 2.24) is 4.57 Å². The summed E-state index contributed by atoms with van der Waals surface area (Å²) in [6, 6.07) is 44.7. The molecule has 246 valence electrons. The highest BCUT2D eigenvalue weighted by molar-refractivity contribution is 8.00. The Morgan fingerprint density at radius 1 is 0.673 bits per heavy atom. The third-order valence-electron chi connectivity index (χ3n) is 12.0. The van der Waals surface area contributed by atoms with Crippen molar-refractivity contribution in [2.75, 3.05) is 0 Å². The zero-order chi connectivity index (χ0) is 34.6. The Balaban J connectivity index is 1.24. The van der Waals surface area contributed by atoms with Gasteiger partial charge in [-0.25, -0.2) is 0 Å². The first kappa shape index (κ1) is 29.0. The molecule has 0 spiro atoms. The van der Waals surface area contributed by atoms with Crippen LogP contribution in [0.3, 0.4) is 0 Å². The molecule has 2 aliphatic heterocycles. The van der Waals surface area contributed by atoms with E-state index in [-0.39, 0.29) is 12.1 Å². The number of rotatable bonds is 1. The van der Waals surface area contributed by atoms with E-state index < -0.39 is 0 Å². The summed E-state index contributed by atoms with van der Waals surface area (Å²) in [4.78, 5) is 2.55. The maximum Gasteiger partial charge on any atom is 0.253 e. The molecule has 52 heavy (non-hydrogen) atoms. The van der Waals surface area contributed by atoms with Crippen molar-refractivity contribution < 1.29 is 9.15 Å². The summed E-state index contributed by atoms with van der Waals surface area (Å²) in [6.07, 6.45) is 0. The van der Waals surface area contributed by atoms with Crippen LogP contribution in [0, 0.1) is 13.8 Å². The van der Waals surface area contributed by atoms with Gasteiger partial charge in [-0.05, 0) is 71.8 Å². The van der Waals surface area contributed by atoms with Crippen molar-refractivity contribution in [3.05, 3.63) is 144 Å². The largest absolute Gasteiger partial charge is 0.458 e. The van der Waals surface area contributed by atoms with Crippen molar-refractivity contribution in [2.45, 2.75) is 42.9 Å². The van der Waals surface area contributed by atoms with Crippen LogP contribution in [-0.4, -0.2) is 11.3 Å². The monoisotopic (exact) mass is 685 g/mol. The van der Waals surface area contributed by atoms with E-state index in [0.717, 1.165) is 39.1 Å². The van der Waals surface area contributed by atoms with Gasteiger partial charge >= 0.3 is 0 Å². The standard InChI is InChI=1S/C47H32BNO2S/c1-25-17-19-36-32(21-25)48-33-22-26(2)18-20-38(33)52-39-24-27(23-37(50-36)44(39)48)49-34-15-9-6-12-29(34)40-43-41(28-11-5-8-14-31(28)47(43,3)4)46-42(45(40)49)30-13-7-10-16-35(30)51-46/h5-24H,1-4H3. The van der Waals surface area contributed by atoms with Gasteiger partial charge in [0.25, 0.3) is 6.71 Å². The normalized spacial score (nSPS) is 14.7. The minimum atomic E-state index is -0.232. The molecule has 0 fully saturated rings. The second-order valence-electron chi connectivity index (χ2n) is 15.4. The van der Waals surface area contributed by atoms with E-state index in [9.17, 15) is 0 Å². The van der Waals surface area contributed by atoms with Crippen molar-refractivity contribution in [3.63, 3.8) is 0 Å². The smallest absolute Gasteiger partial charge is 0.253 e. The Morgan fingerprint density at radius 3 is 2.31 bits per heavy atom. The Labute approximate surface area is 305 Å². The molecule has 0 saturated carbocycles. The van der Waals surface area contributed by atoms with E-state index in [1.165, 1.54) is 81.4 Å². The fraction of sp³-hybridized carbons (Fsp3) is 0.106. The molecule has 3 aliphatic rings. The molecule has 12 rings (SSSR count). The van der Waals surface area contributed by atoms with E-state index in [1.54, 1.807) is 0 Å². The SMILES string of the molecule is Cc1ccc2c(c1)B1c3cc(C)ccc3Sc3cc(-n4c5ccccc5c5c6c(c7oc8ccccc8c7c54)-c4ccccc4C6(C)C)cc(c31)O2. The van der Waals surface area contributed by atoms with Gasteiger partial charge in [-0.1, -0.05) is 127 Å². The van der Waals surface area contributed by atoms with Gasteiger partial charge in [0.15, 0.2) is 0 Å². The molecule has 0 bridgehead atoms. The highest BCUT2D eigenvalue weighted by Gasteiger charge is 2.43. The number of benzene rings is 7. The van der Waals surface area contributed by atoms with Crippen LogP contribution in [0.25, 0.3) is 60.6 Å². The highest BCUT2D eigenvalue weighted by atomic mass is 32.2. The lowest BCUT2D eigenvalue weighted by Crippen LogP contribution is -2.57. The van der Waals surface area contributed by atoms with Crippen molar-refractivity contribution >= 4 is 78.6 Å². The van der Waals surface area contributed by atoms with Crippen LogP contribution < -0.4 is 21.1 Å². The van der Waals surface area contributed by atoms with Crippen molar-refractivity contribution in [2.24, 2.45) is 0 Å². The lowest BCUT2D eigenvalue weighted by molar-refractivity contribution is 0.486. The second-order valence-corrected chi connectivity index (χ2v) is 16.5. The summed E-state index contributed by atoms with van der Waals surface area (Å²) in [7, 11) is 0. The molecular formula is C47H32BNO2S. The molecule has 9 aromatic rings. The average Bonchev–Trinajstić information content (AvgIpc) is 3.77. The van der Waals surface area contributed by atoms with Gasteiger partial charge in [0.05, 0.1) is 22.1 Å². The first-order valence-electron chi connectivity index (χ1n) is 18.1. The fourth-order valence-corrected chi connectivity index (χ4v) is 11.0. The number of aromatic nitrogens is 1. The minimum Gasteiger partial charge on any atom is -0.458 e. The maximum atomic E-state index is 6.95. The van der Waals surface area contributed by atoms with E-state index >= 15 is 0 Å². The maximum absolute atomic E-state index is 6.95. The number of hydrogen-bond donors (Lipinski definition) is 0. The third-order valence-corrected chi connectivity index (χ3v) is 13.1. The lowest BCUT2D eigenvalue weighted by Gasteiger charge is -2.33. The minimum absolute atomic E-state index is 0.115. The number of ether oxygens (including phenoxy) is 1. The number of aryl methyl sites for hydroxylation is 2. The first-order valence-corrected chi connectivity index (χ1v) is 18.9. The Hall–Kier alpha value is -5.65. The average molecular weight is 686 g/mol. The molecule has 2 aromatic heterocycles. The molecule has 0 radical (unpaired) electrons. The van der Waals surface area contributed by atoms with Crippen molar-refractivity contribution in [3.8, 4) is 28.3 Å². The van der Waals surface area contributed by atoms with Crippen LogP contribution in [0.1, 0.15) is 36.1 Å². The van der Waals surface area contributed by atoms with E-state index in [2.05, 4.69) is 154 Å². The van der Waals surface area contributed by atoms with Crippen LogP contribution in [0.2, 0.25) is 0 Å². The molecule has 0 amide bonds. The first-order chi connectivity index (χ1) is 25.4. The van der Waals surface area contributed by atoms with Gasteiger partial charge in [0.2, 0.25) is 0 Å². The van der Waals surface area contributed by atoms with E-state index in [1.807, 2.05) is 11.8 Å². The van der Waals surface area contributed by atoms with Crippen LogP contribution in [0.15, 0.2) is 136 Å². The second kappa shape index (κ2) is 9.81. The Morgan fingerprint density at radius 2 is 1.42 bits per heavy atom. The van der Waals surface area contributed by atoms with Crippen LogP contribution in [0.5, 0.6) is 11.5 Å². The third kappa shape index (κ3) is 3.55. The Bertz CT molecular complexity index is 3020. The number of furan rings is 1. The summed E-state index contributed by atoms with van der Waals surface area (Å²) in [5.41, 5.74) is 16.7. The van der Waals surface area contributed by atoms with E-state index in [0.29, 0.717) is 0 Å². The van der Waals surface area contributed by atoms with Gasteiger partial charge in [-0.15, -0.1) is 0 Å². The fourth-order valence-electron chi connectivity index (χ4n) is 9.81. The van der Waals surface area contributed by atoms with Crippen LogP contribution in [-0.2, 0) is 5.41 Å². The molecule has 0 atom stereocenters. The zero-order valence-electron chi connectivity index (χ0n) is 29.3. The number of nitrogens with zero attached hydrogens (tertiary/aromatic N) is 1. The molecule has 0 N–H and O–H groups in total. The zero-order valence-corrected chi connectivity index (χ0v) is 30.1. The van der Waals surface area contributed by atoms with Crippen molar-refractivity contribution in [1.29, 1.82) is 0 Å². The van der Waals surface area contributed by atoms with Gasteiger partial charge in [0.1, 0.15) is 22.7 Å². The summed E-state index contributed by atoms with van der Waals surface area (Å²) >= 11 is 1.87. The molecule has 3 nitrogen and oxygen atoms in total. The predicted molar refractivity (Wildman–Crippen MR) is 217 cm³/mol. The van der Waals surface area contributed by atoms with Gasteiger partial charge in [-0.3, -0.25) is 0 Å². The molecule has 7 aromatic carbocycles. The topological polar surface area (TPSA) is 27.3 Å². The summed E-state index contributed by atoms with van der Waals surface area (Å²) in [5.74, 6) is 1.87. The molecule has 0 unspecified atom stereocenters. The number of hydrogen-bond acceptors (Lipinski definition) is 3.